The molecule has 2 saturated heterocycles. The molecule has 18 heavy (non-hydrogen) atoms. The van der Waals surface area contributed by atoms with E-state index in [0.717, 1.165) is 39.0 Å². The highest BCUT2D eigenvalue weighted by molar-refractivity contribution is 5.85. The van der Waals surface area contributed by atoms with Crippen LogP contribution in [0.2, 0.25) is 0 Å². The van der Waals surface area contributed by atoms with Gasteiger partial charge in [-0.15, -0.1) is 12.4 Å². The Labute approximate surface area is 116 Å². The summed E-state index contributed by atoms with van der Waals surface area (Å²) >= 11 is 0. The van der Waals surface area contributed by atoms with Crippen molar-refractivity contribution in [1.82, 2.24) is 15.5 Å². The standard InChI is InChI=1S/C13H25N3O.ClH/c1-2-3-6-16-7-4-12(5-8-16)15-13(17)11-9-14-10-11;/h11-12,14H,2-10H2,1H3,(H,15,17);1H. The highest BCUT2D eigenvalue weighted by Crippen LogP contribution is 2.12. The third-order valence-electron chi connectivity index (χ3n) is 3.91. The fourth-order valence-electron chi connectivity index (χ4n) is 2.48. The van der Waals surface area contributed by atoms with Gasteiger partial charge in [-0.25, -0.2) is 0 Å². The molecule has 0 saturated carbocycles. The molecule has 2 heterocycles. The predicted octanol–water partition coefficient (Wildman–Crippen LogP) is 1.01. The molecule has 1 amide bonds. The first-order valence-corrected chi connectivity index (χ1v) is 7.03. The van der Waals surface area contributed by atoms with Crippen LogP contribution in [0.15, 0.2) is 0 Å². The molecule has 0 aromatic heterocycles. The summed E-state index contributed by atoms with van der Waals surface area (Å²) in [6.45, 7) is 7.48. The van der Waals surface area contributed by atoms with E-state index < -0.39 is 0 Å². The number of carbonyl (C=O) groups is 1. The molecule has 2 rings (SSSR count). The van der Waals surface area contributed by atoms with Gasteiger partial charge in [-0.3, -0.25) is 4.79 Å². The Hall–Kier alpha value is -0.320. The SMILES string of the molecule is CCCCN1CCC(NC(=O)C2CNC2)CC1.Cl. The number of likely N-dealkylation sites (tertiary alicyclic amines) is 1. The molecule has 0 unspecified atom stereocenters. The molecule has 2 aliphatic heterocycles. The maximum absolute atomic E-state index is 11.8. The molecule has 2 aliphatic rings. The third-order valence-corrected chi connectivity index (χ3v) is 3.91. The molecule has 0 aromatic rings. The molecule has 2 fully saturated rings. The molecule has 4 nitrogen and oxygen atoms in total. The van der Waals surface area contributed by atoms with Crippen molar-refractivity contribution in [2.24, 2.45) is 5.92 Å². The second kappa shape index (κ2) is 7.97. The van der Waals surface area contributed by atoms with Crippen LogP contribution in [0, 0.1) is 5.92 Å². The predicted molar refractivity (Wildman–Crippen MR) is 76.1 cm³/mol. The average molecular weight is 276 g/mol. The van der Waals surface area contributed by atoms with E-state index in [1.165, 1.54) is 19.4 Å². The molecule has 0 bridgehead atoms. The number of unbranched alkanes of at least 4 members (excludes halogenated alkanes) is 1. The average Bonchev–Trinajstić information content (AvgIpc) is 2.26. The summed E-state index contributed by atoms with van der Waals surface area (Å²) in [5.74, 6) is 0.490. The number of rotatable bonds is 5. The van der Waals surface area contributed by atoms with E-state index in [2.05, 4.69) is 22.5 Å². The fraction of sp³-hybridized carbons (Fsp3) is 0.923. The quantitative estimate of drug-likeness (QED) is 0.787. The lowest BCUT2D eigenvalue weighted by molar-refractivity contribution is -0.127. The maximum atomic E-state index is 11.8. The second-order valence-electron chi connectivity index (χ2n) is 5.33. The normalized spacial score (nSPS) is 22.1. The van der Waals surface area contributed by atoms with Crippen LogP contribution in [-0.2, 0) is 4.79 Å². The van der Waals surface area contributed by atoms with Crippen LogP contribution in [-0.4, -0.2) is 49.6 Å². The van der Waals surface area contributed by atoms with Gasteiger partial charge in [0.25, 0.3) is 0 Å². The summed E-state index contributed by atoms with van der Waals surface area (Å²) in [4.78, 5) is 14.3. The minimum absolute atomic E-state index is 0. The van der Waals surface area contributed by atoms with Gasteiger partial charge in [0.2, 0.25) is 5.91 Å². The topological polar surface area (TPSA) is 44.4 Å². The van der Waals surface area contributed by atoms with E-state index in [1.807, 2.05) is 0 Å². The molecule has 0 spiro atoms. The van der Waals surface area contributed by atoms with Crippen molar-refractivity contribution in [3.63, 3.8) is 0 Å². The Morgan fingerprint density at radius 3 is 2.50 bits per heavy atom. The van der Waals surface area contributed by atoms with E-state index >= 15 is 0 Å². The molecule has 0 aliphatic carbocycles. The maximum Gasteiger partial charge on any atom is 0.225 e. The van der Waals surface area contributed by atoms with Crippen LogP contribution >= 0.6 is 12.4 Å². The first-order chi connectivity index (χ1) is 8.29. The summed E-state index contributed by atoms with van der Waals surface area (Å²) in [6.07, 6.45) is 4.81. The zero-order chi connectivity index (χ0) is 12.1. The van der Waals surface area contributed by atoms with Gasteiger partial charge >= 0.3 is 0 Å². The van der Waals surface area contributed by atoms with Crippen molar-refractivity contribution in [2.45, 2.75) is 38.6 Å². The van der Waals surface area contributed by atoms with Crippen molar-refractivity contribution in [1.29, 1.82) is 0 Å². The van der Waals surface area contributed by atoms with Crippen LogP contribution < -0.4 is 10.6 Å². The molecule has 106 valence electrons. The molecule has 5 heteroatoms. The smallest absolute Gasteiger partial charge is 0.225 e. The first-order valence-electron chi connectivity index (χ1n) is 7.03. The van der Waals surface area contributed by atoms with Crippen LogP contribution in [0.5, 0.6) is 0 Å². The lowest BCUT2D eigenvalue weighted by Gasteiger charge is -2.34. The number of nitrogens with zero attached hydrogens (tertiary/aromatic N) is 1. The Bertz CT molecular complexity index is 251. The molecule has 0 aromatic carbocycles. The van der Waals surface area contributed by atoms with Gasteiger partial charge in [0.1, 0.15) is 0 Å². The molecular weight excluding hydrogens is 250 g/mol. The van der Waals surface area contributed by atoms with Gasteiger partial charge in [-0.05, 0) is 25.8 Å². The van der Waals surface area contributed by atoms with Crippen LogP contribution in [0.3, 0.4) is 0 Å². The second-order valence-corrected chi connectivity index (χ2v) is 5.33. The Morgan fingerprint density at radius 1 is 1.33 bits per heavy atom. The van der Waals surface area contributed by atoms with Crippen molar-refractivity contribution >= 4 is 18.3 Å². The summed E-state index contributed by atoms with van der Waals surface area (Å²) in [7, 11) is 0. The Kier molecular flexibility index (Phi) is 6.97. The van der Waals surface area contributed by atoms with Gasteiger partial charge in [-0.2, -0.15) is 0 Å². The number of carbonyl (C=O) groups excluding carboxylic acids is 1. The van der Waals surface area contributed by atoms with Crippen molar-refractivity contribution in [3.8, 4) is 0 Å². The number of piperidine rings is 1. The Morgan fingerprint density at radius 2 is 2.00 bits per heavy atom. The highest BCUT2D eigenvalue weighted by Gasteiger charge is 2.27. The van der Waals surface area contributed by atoms with Crippen LogP contribution in [0.1, 0.15) is 32.6 Å². The molecular formula is C13H26ClN3O. The monoisotopic (exact) mass is 275 g/mol. The summed E-state index contributed by atoms with van der Waals surface area (Å²) in [5.41, 5.74) is 0. The molecule has 0 atom stereocenters. The molecule has 0 radical (unpaired) electrons. The Balaban J connectivity index is 0.00000162. The summed E-state index contributed by atoms with van der Waals surface area (Å²) in [5, 5.41) is 6.33. The van der Waals surface area contributed by atoms with E-state index in [9.17, 15) is 4.79 Å². The lowest BCUT2D eigenvalue weighted by atomic mass is 9.99. The first kappa shape index (κ1) is 15.7. The van der Waals surface area contributed by atoms with Gasteiger partial charge in [0, 0.05) is 32.2 Å². The number of halogens is 1. The minimum atomic E-state index is 0. The van der Waals surface area contributed by atoms with E-state index in [1.54, 1.807) is 0 Å². The van der Waals surface area contributed by atoms with E-state index in [-0.39, 0.29) is 24.2 Å². The van der Waals surface area contributed by atoms with Gasteiger partial charge in [-0.1, -0.05) is 13.3 Å². The molecule has 2 N–H and O–H groups in total. The van der Waals surface area contributed by atoms with E-state index in [0.29, 0.717) is 6.04 Å². The van der Waals surface area contributed by atoms with Crippen LogP contribution in [0.25, 0.3) is 0 Å². The largest absolute Gasteiger partial charge is 0.353 e. The number of amides is 1. The van der Waals surface area contributed by atoms with Gasteiger partial charge in [0.05, 0.1) is 5.92 Å². The number of hydrogen-bond acceptors (Lipinski definition) is 3. The van der Waals surface area contributed by atoms with Gasteiger partial charge < -0.3 is 15.5 Å². The van der Waals surface area contributed by atoms with E-state index in [4.69, 9.17) is 0 Å². The summed E-state index contributed by atoms with van der Waals surface area (Å²) < 4.78 is 0. The third kappa shape index (κ3) is 4.41. The zero-order valence-electron chi connectivity index (χ0n) is 11.3. The van der Waals surface area contributed by atoms with Gasteiger partial charge in [0.15, 0.2) is 0 Å². The fourth-order valence-corrected chi connectivity index (χ4v) is 2.48. The number of hydrogen-bond donors (Lipinski definition) is 2. The van der Waals surface area contributed by atoms with Crippen molar-refractivity contribution in [3.05, 3.63) is 0 Å². The summed E-state index contributed by atoms with van der Waals surface area (Å²) in [6, 6.07) is 0.418. The van der Waals surface area contributed by atoms with Crippen molar-refractivity contribution in [2.75, 3.05) is 32.7 Å². The minimum Gasteiger partial charge on any atom is -0.353 e. The van der Waals surface area contributed by atoms with Crippen LogP contribution in [0.4, 0.5) is 0 Å². The highest BCUT2D eigenvalue weighted by atomic mass is 35.5. The lowest BCUT2D eigenvalue weighted by Crippen LogP contribution is -2.54. The van der Waals surface area contributed by atoms with Crippen molar-refractivity contribution < 1.29 is 4.79 Å². The zero-order valence-corrected chi connectivity index (χ0v) is 12.1. The number of nitrogens with one attached hydrogen (secondary N) is 2.